The van der Waals surface area contributed by atoms with Crippen molar-refractivity contribution in [3.63, 3.8) is 0 Å². The van der Waals surface area contributed by atoms with Crippen molar-refractivity contribution in [1.29, 1.82) is 0 Å². The molecule has 0 atom stereocenters. The lowest BCUT2D eigenvalue weighted by Crippen LogP contribution is -2.18. The third-order valence-electron chi connectivity index (χ3n) is 2.93. The second-order valence-corrected chi connectivity index (χ2v) is 6.92. The molecule has 0 fully saturated rings. The highest BCUT2D eigenvalue weighted by Crippen LogP contribution is 2.40. The highest BCUT2D eigenvalue weighted by atomic mass is 35.5. The predicted octanol–water partition coefficient (Wildman–Crippen LogP) is 5.12. The maximum Gasteiger partial charge on any atom is 0.153 e. The van der Waals surface area contributed by atoms with Crippen LogP contribution >= 0.6 is 11.9 Å². The van der Waals surface area contributed by atoms with E-state index in [0.717, 1.165) is 16.9 Å². The monoisotopic (exact) mass is 254 g/mol. The Morgan fingerprint density at radius 2 is 1.24 bits per heavy atom. The van der Waals surface area contributed by atoms with E-state index in [0.29, 0.717) is 0 Å². The van der Waals surface area contributed by atoms with Crippen LogP contribution in [0.4, 0.5) is 0 Å². The van der Waals surface area contributed by atoms with E-state index < -0.39 is 0 Å². The first-order valence-electron chi connectivity index (χ1n) is 6.01. The van der Waals surface area contributed by atoms with E-state index in [1.165, 1.54) is 5.56 Å². The third-order valence-corrected chi connectivity index (χ3v) is 3.08. The highest BCUT2D eigenvalue weighted by Gasteiger charge is 2.27. The molecule has 1 rings (SSSR count). The largest absolute Gasteiger partial charge is 0.385 e. The van der Waals surface area contributed by atoms with Crippen LogP contribution < -0.4 is 4.29 Å². The van der Waals surface area contributed by atoms with Gasteiger partial charge in [0.2, 0.25) is 0 Å². The molecule has 1 aromatic carbocycles. The second kappa shape index (κ2) is 4.53. The molecule has 0 aromatic heterocycles. The van der Waals surface area contributed by atoms with Gasteiger partial charge in [0.1, 0.15) is 11.9 Å². The molecular weight excluding hydrogens is 232 g/mol. The van der Waals surface area contributed by atoms with E-state index in [-0.39, 0.29) is 10.8 Å². The number of benzene rings is 1. The van der Waals surface area contributed by atoms with Crippen molar-refractivity contribution in [2.45, 2.75) is 59.3 Å². The summed E-state index contributed by atoms with van der Waals surface area (Å²) in [5.41, 5.74) is 3.62. The van der Waals surface area contributed by atoms with Crippen molar-refractivity contribution < 1.29 is 4.29 Å². The minimum Gasteiger partial charge on any atom is -0.385 e. The quantitative estimate of drug-likeness (QED) is 0.676. The van der Waals surface area contributed by atoms with Crippen molar-refractivity contribution >= 4 is 11.9 Å². The number of halogens is 1. The van der Waals surface area contributed by atoms with Crippen LogP contribution in [-0.2, 0) is 10.8 Å². The topological polar surface area (TPSA) is 9.23 Å². The van der Waals surface area contributed by atoms with Gasteiger partial charge in [-0.1, -0.05) is 59.2 Å². The Morgan fingerprint density at radius 3 is 1.47 bits per heavy atom. The van der Waals surface area contributed by atoms with Gasteiger partial charge in [0.15, 0.2) is 5.75 Å². The van der Waals surface area contributed by atoms with Gasteiger partial charge in [-0.2, -0.15) is 0 Å². The van der Waals surface area contributed by atoms with E-state index >= 15 is 0 Å². The van der Waals surface area contributed by atoms with Crippen LogP contribution in [0.5, 0.6) is 5.75 Å². The summed E-state index contributed by atoms with van der Waals surface area (Å²) >= 11 is 5.70. The van der Waals surface area contributed by atoms with Crippen LogP contribution in [0.15, 0.2) is 12.1 Å². The van der Waals surface area contributed by atoms with Gasteiger partial charge >= 0.3 is 0 Å². The van der Waals surface area contributed by atoms with E-state index in [4.69, 9.17) is 16.2 Å². The molecule has 0 amide bonds. The van der Waals surface area contributed by atoms with Gasteiger partial charge in [-0.3, -0.25) is 0 Å². The van der Waals surface area contributed by atoms with Crippen LogP contribution in [0.3, 0.4) is 0 Å². The lowest BCUT2D eigenvalue weighted by atomic mass is 9.78. The van der Waals surface area contributed by atoms with Crippen molar-refractivity contribution in [2.24, 2.45) is 0 Å². The molecule has 17 heavy (non-hydrogen) atoms. The zero-order chi connectivity index (χ0) is 13.4. The van der Waals surface area contributed by atoms with Crippen LogP contribution in [0.25, 0.3) is 0 Å². The smallest absolute Gasteiger partial charge is 0.153 e. The molecule has 0 radical (unpaired) electrons. The summed E-state index contributed by atoms with van der Waals surface area (Å²) in [4.78, 5) is 0. The van der Waals surface area contributed by atoms with E-state index in [1.807, 2.05) is 0 Å². The standard InChI is InChI=1S/C15H23ClO/c1-10-8-11(14(2,3)4)13(17-16)12(9-10)15(5,6)7/h8-9H,1-7H3. The fourth-order valence-electron chi connectivity index (χ4n) is 1.97. The molecule has 0 saturated heterocycles. The van der Waals surface area contributed by atoms with Crippen LogP contribution in [0.2, 0.25) is 0 Å². The molecule has 0 aliphatic heterocycles. The number of hydrogen-bond acceptors (Lipinski definition) is 1. The van der Waals surface area contributed by atoms with Gasteiger partial charge < -0.3 is 4.29 Å². The SMILES string of the molecule is Cc1cc(C(C)(C)C)c(OCl)c(C(C)(C)C)c1. The normalized spacial score (nSPS) is 12.7. The maximum atomic E-state index is 5.70. The van der Waals surface area contributed by atoms with Gasteiger partial charge in [-0.25, -0.2) is 0 Å². The Labute approximate surface area is 110 Å². The summed E-state index contributed by atoms with van der Waals surface area (Å²) in [7, 11) is 0. The highest BCUT2D eigenvalue weighted by molar-refractivity contribution is 6.09. The lowest BCUT2D eigenvalue weighted by molar-refractivity contribution is 0.501. The molecule has 0 N–H and O–H groups in total. The van der Waals surface area contributed by atoms with Crippen molar-refractivity contribution in [1.82, 2.24) is 0 Å². The Balaban J connectivity index is 3.58. The molecule has 0 saturated carbocycles. The van der Waals surface area contributed by atoms with Gasteiger partial charge in [0.25, 0.3) is 0 Å². The molecule has 0 bridgehead atoms. The molecule has 2 heteroatoms. The first-order valence-corrected chi connectivity index (χ1v) is 6.32. The number of rotatable bonds is 1. The fraction of sp³-hybridized carbons (Fsp3) is 0.600. The van der Waals surface area contributed by atoms with Crippen LogP contribution in [-0.4, -0.2) is 0 Å². The van der Waals surface area contributed by atoms with Crippen molar-refractivity contribution in [2.75, 3.05) is 0 Å². The summed E-state index contributed by atoms with van der Waals surface area (Å²) in [6.45, 7) is 15.2. The minimum absolute atomic E-state index is 0.0241. The van der Waals surface area contributed by atoms with E-state index in [2.05, 4.69) is 60.6 Å². The molecule has 0 unspecified atom stereocenters. The molecule has 0 heterocycles. The van der Waals surface area contributed by atoms with Crippen LogP contribution in [0.1, 0.15) is 58.2 Å². The average molecular weight is 255 g/mol. The first-order chi connectivity index (χ1) is 7.57. The Bertz CT molecular complexity index is 373. The minimum atomic E-state index is 0.0241. The van der Waals surface area contributed by atoms with E-state index in [9.17, 15) is 0 Å². The summed E-state index contributed by atoms with van der Waals surface area (Å²) in [5.74, 6) is 0.817. The summed E-state index contributed by atoms with van der Waals surface area (Å²) in [6, 6.07) is 4.32. The molecular formula is C15H23ClO. The van der Waals surface area contributed by atoms with E-state index in [1.54, 1.807) is 0 Å². The Kier molecular flexibility index (Phi) is 3.83. The number of hydrogen-bond donors (Lipinski definition) is 0. The van der Waals surface area contributed by atoms with Gasteiger partial charge in [0.05, 0.1) is 0 Å². The molecule has 96 valence electrons. The molecule has 0 aliphatic carbocycles. The molecule has 1 nitrogen and oxygen atoms in total. The summed E-state index contributed by atoms with van der Waals surface area (Å²) in [6.07, 6.45) is 0. The Morgan fingerprint density at radius 1 is 0.882 bits per heavy atom. The molecule has 0 aliphatic rings. The molecule has 0 spiro atoms. The lowest BCUT2D eigenvalue weighted by Gasteiger charge is -2.28. The van der Waals surface area contributed by atoms with Gasteiger partial charge in [-0.05, 0) is 17.8 Å². The second-order valence-electron chi connectivity index (χ2n) is 6.77. The fourth-order valence-corrected chi connectivity index (χ4v) is 2.14. The van der Waals surface area contributed by atoms with Crippen molar-refractivity contribution in [3.05, 3.63) is 28.8 Å². The zero-order valence-corrected chi connectivity index (χ0v) is 12.7. The average Bonchev–Trinajstić information content (AvgIpc) is 2.13. The summed E-state index contributed by atoms with van der Waals surface area (Å²) in [5, 5.41) is 0. The third kappa shape index (κ3) is 3.16. The first kappa shape index (κ1) is 14.4. The van der Waals surface area contributed by atoms with Gasteiger partial charge in [0, 0.05) is 11.1 Å². The summed E-state index contributed by atoms with van der Waals surface area (Å²) < 4.78 is 5.16. The number of aryl methyl sites for hydroxylation is 1. The van der Waals surface area contributed by atoms with Gasteiger partial charge in [-0.15, -0.1) is 0 Å². The predicted molar refractivity (Wildman–Crippen MR) is 75.1 cm³/mol. The van der Waals surface area contributed by atoms with Crippen molar-refractivity contribution in [3.8, 4) is 5.75 Å². The Hall–Kier alpha value is -0.690. The zero-order valence-electron chi connectivity index (χ0n) is 11.9. The van der Waals surface area contributed by atoms with Crippen LogP contribution in [0, 0.1) is 6.92 Å². The molecule has 1 aromatic rings. The maximum absolute atomic E-state index is 5.70.